The number of hydrogen-bond acceptors (Lipinski definition) is 7. The highest BCUT2D eigenvalue weighted by Gasteiger charge is 2.24. The molecule has 144 valence electrons. The van der Waals surface area contributed by atoms with Crippen molar-refractivity contribution in [3.8, 4) is 0 Å². The van der Waals surface area contributed by atoms with Gasteiger partial charge in [0.1, 0.15) is 18.1 Å². The summed E-state index contributed by atoms with van der Waals surface area (Å²) < 4.78 is 0. The second-order valence-electron chi connectivity index (χ2n) is 5.76. The van der Waals surface area contributed by atoms with Crippen molar-refractivity contribution in [2.75, 3.05) is 0 Å². The number of hydrogen-bond donors (Lipinski definition) is 7. The first kappa shape index (κ1) is 22.8. The van der Waals surface area contributed by atoms with E-state index in [0.717, 1.165) is 0 Å². The summed E-state index contributed by atoms with van der Waals surface area (Å²) in [7, 11) is 0. The lowest BCUT2D eigenvalue weighted by molar-refractivity contribution is -0.142. The van der Waals surface area contributed by atoms with Gasteiger partial charge >= 0.3 is 17.9 Å². The molecule has 0 spiro atoms. The van der Waals surface area contributed by atoms with Crippen molar-refractivity contribution in [3.63, 3.8) is 0 Å². The lowest BCUT2D eigenvalue weighted by Crippen LogP contribution is -2.48. The van der Waals surface area contributed by atoms with Crippen LogP contribution >= 0.6 is 0 Å². The van der Waals surface area contributed by atoms with Gasteiger partial charge in [-0.15, -0.1) is 0 Å². The molecule has 11 heteroatoms. The predicted molar refractivity (Wildman–Crippen MR) is 86.5 cm³/mol. The van der Waals surface area contributed by atoms with Crippen LogP contribution in [0.15, 0.2) is 0 Å². The Hall–Kier alpha value is -2.24. The van der Waals surface area contributed by atoms with E-state index in [4.69, 9.17) is 32.5 Å². The first-order valence-electron chi connectivity index (χ1n) is 7.81. The quantitative estimate of drug-likeness (QED) is 0.192. The molecule has 1 amide bonds. The van der Waals surface area contributed by atoms with Crippen LogP contribution in [-0.2, 0) is 19.2 Å². The molecule has 25 heavy (non-hydrogen) atoms. The molecule has 0 radical (unpaired) electrons. The average Bonchev–Trinajstić information content (AvgIpc) is 2.52. The maximum atomic E-state index is 11.9. The molecule has 0 saturated heterocycles. The first-order chi connectivity index (χ1) is 11.6. The Morgan fingerprint density at radius 2 is 1.08 bits per heavy atom. The number of nitrogens with one attached hydrogen (secondary N) is 1. The highest BCUT2D eigenvalue weighted by Crippen LogP contribution is 2.06. The van der Waals surface area contributed by atoms with E-state index in [1.165, 1.54) is 0 Å². The predicted octanol–water partition coefficient (Wildman–Crippen LogP) is -1.95. The number of carboxylic acids is 3. The Morgan fingerprint density at radius 3 is 1.48 bits per heavy atom. The molecular weight excluding hydrogens is 336 g/mol. The van der Waals surface area contributed by atoms with Gasteiger partial charge in [-0.3, -0.25) is 14.4 Å². The summed E-state index contributed by atoms with van der Waals surface area (Å²) in [5, 5.41) is 28.7. The van der Waals surface area contributed by atoms with Gasteiger partial charge in [0.05, 0.1) is 6.04 Å². The minimum atomic E-state index is -1.27. The Bertz CT molecular complexity index is 486. The smallest absolute Gasteiger partial charge is 0.326 e. The number of rotatable bonds is 13. The lowest BCUT2D eigenvalue weighted by atomic mass is 10.0. The second kappa shape index (κ2) is 11.3. The molecule has 0 aliphatic carbocycles. The van der Waals surface area contributed by atoms with Crippen LogP contribution in [0.4, 0.5) is 0 Å². The zero-order valence-electron chi connectivity index (χ0n) is 13.8. The van der Waals surface area contributed by atoms with Gasteiger partial charge in [0.2, 0.25) is 5.91 Å². The standard InChI is InChI=1S/C14H26N4O7/c15-7(3-1-4-8(16)12(20)21)11(19)18-10(14(24)25)6-2-5-9(17)13(22)23/h7-10H,1-6,15-17H2,(H,18,19)(H,20,21)(H,22,23)(H,24,25)/t7-,8-,9-,10-/m0/s1. The lowest BCUT2D eigenvalue weighted by Gasteiger charge is -2.18. The summed E-state index contributed by atoms with van der Waals surface area (Å²) in [5.74, 6) is -4.28. The Morgan fingerprint density at radius 1 is 0.680 bits per heavy atom. The van der Waals surface area contributed by atoms with Gasteiger partial charge in [0, 0.05) is 0 Å². The van der Waals surface area contributed by atoms with Crippen LogP contribution in [0.25, 0.3) is 0 Å². The SMILES string of the molecule is N[C@@H](CCC[C@H](NC(=O)[C@@H](N)CCC[C@H](N)C(=O)O)C(=O)O)C(=O)O. The minimum Gasteiger partial charge on any atom is -0.480 e. The molecule has 4 atom stereocenters. The minimum absolute atomic E-state index is 0.0126. The largest absolute Gasteiger partial charge is 0.480 e. The molecule has 0 aliphatic rings. The van der Waals surface area contributed by atoms with Gasteiger partial charge in [-0.2, -0.15) is 0 Å². The van der Waals surface area contributed by atoms with Crippen LogP contribution in [-0.4, -0.2) is 63.3 Å². The van der Waals surface area contributed by atoms with Gasteiger partial charge < -0.3 is 37.8 Å². The monoisotopic (exact) mass is 362 g/mol. The van der Waals surface area contributed by atoms with Crippen molar-refractivity contribution < 1.29 is 34.5 Å². The molecule has 0 aliphatic heterocycles. The summed E-state index contributed by atoms with van der Waals surface area (Å²) in [6.07, 6.45) is 0.891. The Balaban J connectivity index is 4.32. The highest BCUT2D eigenvalue weighted by atomic mass is 16.4. The van der Waals surface area contributed by atoms with Crippen LogP contribution in [0.3, 0.4) is 0 Å². The van der Waals surface area contributed by atoms with E-state index in [2.05, 4.69) is 5.32 Å². The van der Waals surface area contributed by atoms with E-state index in [1.807, 2.05) is 0 Å². The molecule has 0 bridgehead atoms. The van der Waals surface area contributed by atoms with Crippen molar-refractivity contribution in [1.82, 2.24) is 5.32 Å². The van der Waals surface area contributed by atoms with Crippen molar-refractivity contribution in [2.45, 2.75) is 62.7 Å². The number of aliphatic carboxylic acids is 3. The highest BCUT2D eigenvalue weighted by molar-refractivity contribution is 5.86. The van der Waals surface area contributed by atoms with Crippen molar-refractivity contribution in [1.29, 1.82) is 0 Å². The van der Waals surface area contributed by atoms with Gasteiger partial charge in [-0.25, -0.2) is 4.79 Å². The maximum Gasteiger partial charge on any atom is 0.326 e. The third-order valence-electron chi connectivity index (χ3n) is 3.62. The summed E-state index contributed by atoms with van der Waals surface area (Å²) in [5.41, 5.74) is 16.3. The number of carboxylic acid groups (broad SMARTS) is 3. The third kappa shape index (κ3) is 9.59. The van der Waals surface area contributed by atoms with E-state index >= 15 is 0 Å². The van der Waals surface area contributed by atoms with E-state index < -0.39 is 48.0 Å². The fraction of sp³-hybridized carbons (Fsp3) is 0.714. The molecule has 0 saturated carbocycles. The van der Waals surface area contributed by atoms with Crippen molar-refractivity contribution in [3.05, 3.63) is 0 Å². The molecular formula is C14H26N4O7. The Kier molecular flexibility index (Phi) is 10.3. The van der Waals surface area contributed by atoms with Crippen LogP contribution in [0.5, 0.6) is 0 Å². The molecule has 11 nitrogen and oxygen atoms in total. The number of carbonyl (C=O) groups is 4. The molecule has 0 fully saturated rings. The molecule has 0 rings (SSSR count). The van der Waals surface area contributed by atoms with Crippen molar-refractivity contribution in [2.24, 2.45) is 17.2 Å². The van der Waals surface area contributed by atoms with Gasteiger partial charge in [-0.05, 0) is 38.5 Å². The van der Waals surface area contributed by atoms with E-state index in [9.17, 15) is 19.2 Å². The second-order valence-corrected chi connectivity index (χ2v) is 5.76. The van der Waals surface area contributed by atoms with Crippen LogP contribution < -0.4 is 22.5 Å². The third-order valence-corrected chi connectivity index (χ3v) is 3.62. The molecule has 0 unspecified atom stereocenters. The zero-order valence-corrected chi connectivity index (χ0v) is 13.8. The van der Waals surface area contributed by atoms with Crippen LogP contribution in [0, 0.1) is 0 Å². The molecule has 10 N–H and O–H groups in total. The summed E-state index contributed by atoms with van der Waals surface area (Å²) in [6, 6.07) is -4.34. The number of nitrogens with two attached hydrogens (primary N) is 3. The average molecular weight is 362 g/mol. The maximum absolute atomic E-state index is 11.9. The summed E-state index contributed by atoms with van der Waals surface area (Å²) in [6.45, 7) is 0. The molecule has 0 aromatic rings. The van der Waals surface area contributed by atoms with E-state index in [1.54, 1.807) is 0 Å². The number of amides is 1. The van der Waals surface area contributed by atoms with Crippen LogP contribution in [0.1, 0.15) is 38.5 Å². The first-order valence-corrected chi connectivity index (χ1v) is 7.81. The summed E-state index contributed by atoms with van der Waals surface area (Å²) in [4.78, 5) is 44.2. The van der Waals surface area contributed by atoms with Crippen molar-refractivity contribution >= 4 is 23.8 Å². The molecule has 0 aromatic heterocycles. The Labute approximate surface area is 144 Å². The topological polar surface area (TPSA) is 219 Å². The van der Waals surface area contributed by atoms with E-state index in [0.29, 0.717) is 6.42 Å². The van der Waals surface area contributed by atoms with Crippen LogP contribution in [0.2, 0.25) is 0 Å². The molecule has 0 heterocycles. The zero-order chi connectivity index (χ0) is 19.6. The van der Waals surface area contributed by atoms with Gasteiger partial charge in [-0.1, -0.05) is 0 Å². The summed E-state index contributed by atoms with van der Waals surface area (Å²) >= 11 is 0. The fourth-order valence-electron chi connectivity index (χ4n) is 2.01. The normalized spacial score (nSPS) is 15.6. The van der Waals surface area contributed by atoms with E-state index in [-0.39, 0.29) is 32.1 Å². The van der Waals surface area contributed by atoms with Gasteiger partial charge in [0.15, 0.2) is 0 Å². The number of carbonyl (C=O) groups excluding carboxylic acids is 1. The fourth-order valence-corrected chi connectivity index (χ4v) is 2.01. The molecule has 0 aromatic carbocycles. The van der Waals surface area contributed by atoms with Gasteiger partial charge in [0.25, 0.3) is 0 Å².